The van der Waals surface area contributed by atoms with E-state index in [1.54, 1.807) is 12.3 Å². The third-order valence-corrected chi connectivity index (χ3v) is 6.33. The lowest BCUT2D eigenvalue weighted by atomic mass is 10.1. The molecule has 2 aliphatic heterocycles. The number of nitrogens with zero attached hydrogens (tertiary/aromatic N) is 2. The molecule has 1 aromatic heterocycles. The van der Waals surface area contributed by atoms with Crippen LogP contribution in [0.3, 0.4) is 0 Å². The van der Waals surface area contributed by atoms with Gasteiger partial charge in [-0.2, -0.15) is 4.31 Å². The van der Waals surface area contributed by atoms with E-state index >= 15 is 0 Å². The highest BCUT2D eigenvalue weighted by Gasteiger charge is 2.37. The number of rotatable bonds is 3. The van der Waals surface area contributed by atoms with Crippen molar-refractivity contribution in [3.8, 4) is 5.75 Å². The highest BCUT2D eigenvalue weighted by atomic mass is 32.2. The third-order valence-electron chi connectivity index (χ3n) is 4.42. The van der Waals surface area contributed by atoms with Gasteiger partial charge in [-0.1, -0.05) is 6.07 Å². The fourth-order valence-corrected chi connectivity index (χ4v) is 4.95. The summed E-state index contributed by atoms with van der Waals surface area (Å²) in [7, 11) is -3.70. The molecule has 0 radical (unpaired) electrons. The molecule has 1 saturated heterocycles. The van der Waals surface area contributed by atoms with Crippen LogP contribution < -0.4 is 10.1 Å². The normalized spacial score (nSPS) is 20.6. The van der Waals surface area contributed by atoms with E-state index in [-0.39, 0.29) is 23.5 Å². The van der Waals surface area contributed by atoms with Crippen molar-refractivity contribution >= 4 is 21.6 Å². The fourth-order valence-electron chi connectivity index (χ4n) is 3.25. The Morgan fingerprint density at radius 3 is 2.92 bits per heavy atom. The molecule has 0 bridgehead atoms. The number of sulfonamides is 1. The Morgan fingerprint density at radius 2 is 2.12 bits per heavy atom. The number of ether oxygens (including phenoxy) is 1. The minimum atomic E-state index is -3.70. The average molecular weight is 359 g/mol. The van der Waals surface area contributed by atoms with Crippen molar-refractivity contribution < 1.29 is 17.9 Å². The molecule has 1 atom stereocenters. The smallest absolute Gasteiger partial charge is 0.262 e. The molecule has 25 heavy (non-hydrogen) atoms. The summed E-state index contributed by atoms with van der Waals surface area (Å²) in [6, 6.07) is 9.79. The highest BCUT2D eigenvalue weighted by molar-refractivity contribution is 7.89. The van der Waals surface area contributed by atoms with E-state index in [1.807, 2.05) is 18.2 Å². The first-order valence-corrected chi connectivity index (χ1v) is 9.49. The number of anilines is 1. The van der Waals surface area contributed by atoms with Crippen LogP contribution in [0.1, 0.15) is 24.6 Å². The molecule has 2 aromatic rings. The third kappa shape index (κ3) is 2.87. The average Bonchev–Trinajstić information content (AvgIpc) is 3.12. The van der Waals surface area contributed by atoms with Gasteiger partial charge in [0, 0.05) is 12.7 Å². The Kier molecular flexibility index (Phi) is 3.93. The number of nitrogens with one attached hydrogen (secondary N) is 1. The van der Waals surface area contributed by atoms with E-state index in [4.69, 9.17) is 4.74 Å². The van der Waals surface area contributed by atoms with Crippen LogP contribution in [0.25, 0.3) is 0 Å². The number of fused-ring (bicyclic) bond motifs is 1. The van der Waals surface area contributed by atoms with Gasteiger partial charge in [0.2, 0.25) is 10.0 Å². The molecule has 1 N–H and O–H groups in total. The highest BCUT2D eigenvalue weighted by Crippen LogP contribution is 2.37. The number of pyridine rings is 1. The van der Waals surface area contributed by atoms with Crippen molar-refractivity contribution in [1.82, 2.24) is 9.29 Å². The Hall–Kier alpha value is -2.45. The molecular formula is C17H17N3O4S. The van der Waals surface area contributed by atoms with Crippen molar-refractivity contribution in [2.24, 2.45) is 0 Å². The zero-order chi connectivity index (χ0) is 17.4. The number of carbonyl (C=O) groups is 1. The van der Waals surface area contributed by atoms with Gasteiger partial charge < -0.3 is 10.1 Å². The fraction of sp³-hybridized carbons (Fsp3) is 0.294. The molecule has 1 amide bonds. The summed E-state index contributed by atoms with van der Waals surface area (Å²) in [6.45, 7) is 0.385. The zero-order valence-corrected chi connectivity index (χ0v) is 14.2. The van der Waals surface area contributed by atoms with E-state index in [1.165, 1.54) is 16.4 Å². The molecule has 8 heteroatoms. The Labute approximate surface area is 145 Å². The Morgan fingerprint density at radius 1 is 1.24 bits per heavy atom. The summed E-state index contributed by atoms with van der Waals surface area (Å²) >= 11 is 0. The van der Waals surface area contributed by atoms with Gasteiger partial charge >= 0.3 is 0 Å². The van der Waals surface area contributed by atoms with Crippen LogP contribution in [0.4, 0.5) is 5.69 Å². The van der Waals surface area contributed by atoms with Crippen molar-refractivity contribution in [3.05, 3.63) is 48.3 Å². The lowest BCUT2D eigenvalue weighted by Gasteiger charge is -2.25. The molecule has 1 fully saturated rings. The molecule has 2 aliphatic rings. The zero-order valence-electron chi connectivity index (χ0n) is 13.4. The van der Waals surface area contributed by atoms with E-state index in [9.17, 15) is 13.2 Å². The summed E-state index contributed by atoms with van der Waals surface area (Å²) in [6.07, 6.45) is 3.19. The maximum Gasteiger partial charge on any atom is 0.262 e. The second-order valence-electron chi connectivity index (χ2n) is 6.02. The van der Waals surface area contributed by atoms with Gasteiger partial charge in [-0.25, -0.2) is 8.42 Å². The van der Waals surface area contributed by atoms with Crippen LogP contribution in [0.2, 0.25) is 0 Å². The van der Waals surface area contributed by atoms with Gasteiger partial charge in [0.1, 0.15) is 5.75 Å². The number of amides is 1. The molecule has 7 nitrogen and oxygen atoms in total. The van der Waals surface area contributed by atoms with Crippen molar-refractivity contribution in [1.29, 1.82) is 0 Å². The van der Waals surface area contributed by atoms with Gasteiger partial charge in [0.05, 0.1) is 22.3 Å². The van der Waals surface area contributed by atoms with E-state index < -0.39 is 10.0 Å². The number of aromatic nitrogens is 1. The van der Waals surface area contributed by atoms with E-state index in [0.29, 0.717) is 18.0 Å². The minimum absolute atomic E-state index is 0.0625. The Balaban J connectivity index is 1.69. The monoisotopic (exact) mass is 359 g/mol. The standard InChI is InChI=1S/C17H17N3O4S/c21-17-11-24-16-7-6-12(10-14(16)19-17)25(22,23)20-9-3-5-15(20)13-4-1-2-8-18-13/h1-2,4,6-8,10,15H,3,5,9,11H2,(H,19,21). The second kappa shape index (κ2) is 6.12. The SMILES string of the molecule is O=C1COc2ccc(S(=O)(=O)N3CCCC3c3ccccn3)cc2N1. The van der Waals surface area contributed by atoms with Crippen LogP contribution in [-0.4, -0.2) is 36.8 Å². The molecule has 130 valence electrons. The minimum Gasteiger partial charge on any atom is -0.482 e. The van der Waals surface area contributed by atoms with Gasteiger partial charge in [-0.05, 0) is 43.2 Å². The number of hydrogen-bond acceptors (Lipinski definition) is 5. The maximum absolute atomic E-state index is 13.1. The summed E-state index contributed by atoms with van der Waals surface area (Å²) in [5, 5.41) is 2.65. The first-order valence-electron chi connectivity index (χ1n) is 8.05. The molecule has 1 unspecified atom stereocenters. The lowest BCUT2D eigenvalue weighted by Crippen LogP contribution is -2.31. The van der Waals surface area contributed by atoms with Crippen molar-refractivity contribution in [2.75, 3.05) is 18.5 Å². The number of hydrogen-bond donors (Lipinski definition) is 1. The van der Waals surface area contributed by atoms with E-state index in [2.05, 4.69) is 10.3 Å². The quantitative estimate of drug-likeness (QED) is 0.905. The summed E-state index contributed by atoms with van der Waals surface area (Å²) in [5.41, 5.74) is 1.13. The molecular weight excluding hydrogens is 342 g/mol. The van der Waals surface area contributed by atoms with Gasteiger partial charge in [-0.3, -0.25) is 9.78 Å². The molecule has 1 aromatic carbocycles. The topological polar surface area (TPSA) is 88.6 Å². The second-order valence-corrected chi connectivity index (χ2v) is 7.91. The van der Waals surface area contributed by atoms with E-state index in [0.717, 1.165) is 18.5 Å². The molecule has 3 heterocycles. The maximum atomic E-state index is 13.1. The van der Waals surface area contributed by atoms with Crippen molar-refractivity contribution in [2.45, 2.75) is 23.8 Å². The number of benzene rings is 1. The first-order chi connectivity index (χ1) is 12.1. The van der Waals surface area contributed by atoms with Gasteiger partial charge in [-0.15, -0.1) is 0 Å². The van der Waals surface area contributed by atoms with Crippen LogP contribution in [-0.2, 0) is 14.8 Å². The van der Waals surface area contributed by atoms with Gasteiger partial charge in [0.15, 0.2) is 6.61 Å². The largest absolute Gasteiger partial charge is 0.482 e. The van der Waals surface area contributed by atoms with Crippen LogP contribution in [0, 0.1) is 0 Å². The van der Waals surface area contributed by atoms with Crippen molar-refractivity contribution in [3.63, 3.8) is 0 Å². The summed E-state index contributed by atoms with van der Waals surface area (Å²) in [5.74, 6) is 0.177. The van der Waals surface area contributed by atoms with Crippen LogP contribution in [0.15, 0.2) is 47.5 Å². The predicted molar refractivity (Wildman–Crippen MR) is 90.7 cm³/mol. The molecule has 4 rings (SSSR count). The predicted octanol–water partition coefficient (Wildman–Crippen LogP) is 1.94. The molecule has 0 spiro atoms. The first kappa shape index (κ1) is 16.0. The van der Waals surface area contributed by atoms with Crippen LogP contribution >= 0.6 is 0 Å². The summed E-state index contributed by atoms with van der Waals surface area (Å²) in [4.78, 5) is 15.9. The molecule has 0 saturated carbocycles. The molecule has 0 aliphatic carbocycles. The van der Waals surface area contributed by atoms with Gasteiger partial charge in [0.25, 0.3) is 5.91 Å². The van der Waals surface area contributed by atoms with Crippen LogP contribution in [0.5, 0.6) is 5.75 Å². The summed E-state index contributed by atoms with van der Waals surface area (Å²) < 4.78 is 33.0. The lowest BCUT2D eigenvalue weighted by molar-refractivity contribution is -0.118. The Bertz CT molecular complexity index is 915. The number of carbonyl (C=O) groups excluding carboxylic acids is 1.